The topological polar surface area (TPSA) is 39.1 Å². The summed E-state index contributed by atoms with van der Waals surface area (Å²) in [7, 11) is 3.66. The molecule has 20 heavy (non-hydrogen) atoms. The lowest BCUT2D eigenvalue weighted by Gasteiger charge is -2.07. The van der Waals surface area contributed by atoms with Crippen molar-refractivity contribution < 1.29 is 4.74 Å². The van der Waals surface area contributed by atoms with Gasteiger partial charge >= 0.3 is 0 Å². The number of rotatable bonds is 6. The molecule has 0 unspecified atom stereocenters. The fourth-order valence-corrected chi connectivity index (χ4v) is 2.88. The standard InChI is InChI=1S/C15H20BrN3O/c1-4-13-15(16)14(19(2)18-13)10-17-9-11-6-5-7-12(8-11)20-3/h5-8,17H,4,9-10H2,1-3H3. The van der Waals surface area contributed by atoms with Gasteiger partial charge in [-0.2, -0.15) is 5.10 Å². The van der Waals surface area contributed by atoms with Crippen molar-refractivity contribution in [2.45, 2.75) is 26.4 Å². The van der Waals surface area contributed by atoms with Crippen LogP contribution in [0.2, 0.25) is 0 Å². The van der Waals surface area contributed by atoms with E-state index >= 15 is 0 Å². The molecule has 0 atom stereocenters. The third-order valence-electron chi connectivity index (χ3n) is 3.26. The zero-order chi connectivity index (χ0) is 14.5. The van der Waals surface area contributed by atoms with Crippen LogP contribution in [0.3, 0.4) is 0 Å². The van der Waals surface area contributed by atoms with Crippen LogP contribution in [0.15, 0.2) is 28.7 Å². The first-order valence-corrected chi connectivity index (χ1v) is 7.49. The quantitative estimate of drug-likeness (QED) is 0.880. The summed E-state index contributed by atoms with van der Waals surface area (Å²) in [5.74, 6) is 0.888. The number of halogens is 1. The second-order valence-corrected chi connectivity index (χ2v) is 5.43. The maximum absolute atomic E-state index is 5.23. The molecule has 2 rings (SSSR count). The maximum atomic E-state index is 5.23. The monoisotopic (exact) mass is 337 g/mol. The normalized spacial score (nSPS) is 10.8. The molecule has 0 amide bonds. The highest BCUT2D eigenvalue weighted by Gasteiger charge is 2.11. The van der Waals surface area contributed by atoms with Crippen LogP contribution in [0, 0.1) is 0 Å². The molecule has 0 saturated heterocycles. The molecule has 0 fully saturated rings. The zero-order valence-corrected chi connectivity index (χ0v) is 13.7. The maximum Gasteiger partial charge on any atom is 0.119 e. The van der Waals surface area contributed by atoms with E-state index in [2.05, 4.69) is 39.3 Å². The van der Waals surface area contributed by atoms with E-state index in [1.165, 1.54) is 11.3 Å². The first-order chi connectivity index (χ1) is 9.65. The second-order valence-electron chi connectivity index (χ2n) is 4.64. The Balaban J connectivity index is 1.97. The Labute approximate surface area is 128 Å². The number of nitrogens with zero attached hydrogens (tertiary/aromatic N) is 2. The Morgan fingerprint density at radius 2 is 2.15 bits per heavy atom. The van der Waals surface area contributed by atoms with E-state index in [0.717, 1.165) is 35.4 Å². The van der Waals surface area contributed by atoms with Gasteiger partial charge in [-0.1, -0.05) is 19.1 Å². The molecule has 5 heteroatoms. The number of hydrogen-bond donors (Lipinski definition) is 1. The van der Waals surface area contributed by atoms with Crippen LogP contribution in [0.25, 0.3) is 0 Å². The van der Waals surface area contributed by atoms with Gasteiger partial charge in [-0.05, 0) is 40.0 Å². The van der Waals surface area contributed by atoms with Gasteiger partial charge in [-0.3, -0.25) is 4.68 Å². The van der Waals surface area contributed by atoms with E-state index in [4.69, 9.17) is 4.74 Å². The summed E-state index contributed by atoms with van der Waals surface area (Å²) >= 11 is 3.63. The van der Waals surface area contributed by atoms with Gasteiger partial charge in [0.05, 0.1) is 23.0 Å². The molecule has 2 aromatic rings. The lowest BCUT2D eigenvalue weighted by atomic mass is 10.2. The average Bonchev–Trinajstić information content (AvgIpc) is 2.74. The van der Waals surface area contributed by atoms with Crippen molar-refractivity contribution in [3.8, 4) is 5.75 Å². The molecule has 0 spiro atoms. The molecule has 0 aliphatic carbocycles. The lowest BCUT2D eigenvalue weighted by Crippen LogP contribution is -2.15. The summed E-state index contributed by atoms with van der Waals surface area (Å²) in [6.07, 6.45) is 0.935. The Morgan fingerprint density at radius 3 is 2.80 bits per heavy atom. The molecule has 0 aliphatic rings. The molecular formula is C15H20BrN3O. The van der Waals surface area contributed by atoms with E-state index in [1.54, 1.807) is 7.11 Å². The number of nitrogens with one attached hydrogen (secondary N) is 1. The zero-order valence-electron chi connectivity index (χ0n) is 12.1. The van der Waals surface area contributed by atoms with Crippen LogP contribution in [0.4, 0.5) is 0 Å². The third kappa shape index (κ3) is 3.41. The molecule has 0 bridgehead atoms. The highest BCUT2D eigenvalue weighted by Crippen LogP contribution is 2.21. The van der Waals surface area contributed by atoms with Gasteiger partial charge in [-0.25, -0.2) is 0 Å². The van der Waals surface area contributed by atoms with Crippen LogP contribution < -0.4 is 10.1 Å². The Morgan fingerprint density at radius 1 is 1.35 bits per heavy atom. The van der Waals surface area contributed by atoms with Crippen LogP contribution >= 0.6 is 15.9 Å². The first kappa shape index (κ1) is 15.1. The summed E-state index contributed by atoms with van der Waals surface area (Å²) in [6, 6.07) is 8.09. The number of methoxy groups -OCH3 is 1. The molecular weight excluding hydrogens is 318 g/mol. The molecule has 1 N–H and O–H groups in total. The fraction of sp³-hybridized carbons (Fsp3) is 0.400. The van der Waals surface area contributed by atoms with Gasteiger partial charge in [-0.15, -0.1) is 0 Å². The predicted octanol–water partition coefficient (Wildman–Crippen LogP) is 3.04. The van der Waals surface area contributed by atoms with Crippen LogP contribution in [-0.2, 0) is 26.6 Å². The van der Waals surface area contributed by atoms with Gasteiger partial charge in [0.15, 0.2) is 0 Å². The van der Waals surface area contributed by atoms with E-state index in [1.807, 2.05) is 29.9 Å². The van der Waals surface area contributed by atoms with Crippen LogP contribution in [0.1, 0.15) is 23.9 Å². The van der Waals surface area contributed by atoms with Crippen molar-refractivity contribution in [3.63, 3.8) is 0 Å². The van der Waals surface area contributed by atoms with E-state index in [9.17, 15) is 0 Å². The number of aromatic nitrogens is 2. The number of ether oxygens (including phenoxy) is 1. The van der Waals surface area contributed by atoms with Gasteiger partial charge in [0, 0.05) is 20.1 Å². The van der Waals surface area contributed by atoms with Crippen molar-refractivity contribution >= 4 is 15.9 Å². The van der Waals surface area contributed by atoms with E-state index < -0.39 is 0 Å². The summed E-state index contributed by atoms with van der Waals surface area (Å²) in [5, 5.41) is 7.93. The van der Waals surface area contributed by atoms with Gasteiger partial charge < -0.3 is 10.1 Å². The summed E-state index contributed by atoms with van der Waals surface area (Å²) < 4.78 is 8.27. The van der Waals surface area contributed by atoms with Crippen molar-refractivity contribution in [3.05, 3.63) is 45.7 Å². The summed E-state index contributed by atoms with van der Waals surface area (Å²) in [4.78, 5) is 0. The molecule has 1 aromatic heterocycles. The van der Waals surface area contributed by atoms with E-state index in [-0.39, 0.29) is 0 Å². The SMILES string of the molecule is CCc1nn(C)c(CNCc2cccc(OC)c2)c1Br. The molecule has 4 nitrogen and oxygen atoms in total. The van der Waals surface area contributed by atoms with E-state index in [0.29, 0.717) is 0 Å². The second kappa shape index (κ2) is 6.90. The number of benzene rings is 1. The molecule has 108 valence electrons. The summed E-state index contributed by atoms with van der Waals surface area (Å²) in [6.45, 7) is 3.69. The number of aryl methyl sites for hydroxylation is 2. The third-order valence-corrected chi connectivity index (χ3v) is 4.17. The molecule has 1 aromatic carbocycles. The minimum Gasteiger partial charge on any atom is -0.497 e. The highest BCUT2D eigenvalue weighted by molar-refractivity contribution is 9.10. The Kier molecular flexibility index (Phi) is 5.20. The predicted molar refractivity (Wildman–Crippen MR) is 83.8 cm³/mol. The number of hydrogen-bond acceptors (Lipinski definition) is 3. The Bertz CT molecular complexity index is 580. The van der Waals surface area contributed by atoms with Crippen molar-refractivity contribution in [2.24, 2.45) is 7.05 Å². The molecule has 0 aliphatic heterocycles. The highest BCUT2D eigenvalue weighted by atomic mass is 79.9. The largest absolute Gasteiger partial charge is 0.497 e. The van der Waals surface area contributed by atoms with Gasteiger partial charge in [0.25, 0.3) is 0 Å². The van der Waals surface area contributed by atoms with Crippen molar-refractivity contribution in [2.75, 3.05) is 7.11 Å². The first-order valence-electron chi connectivity index (χ1n) is 6.69. The molecule has 0 saturated carbocycles. The van der Waals surface area contributed by atoms with Crippen molar-refractivity contribution in [1.82, 2.24) is 15.1 Å². The van der Waals surface area contributed by atoms with Gasteiger partial charge in [0.2, 0.25) is 0 Å². The molecule has 0 radical (unpaired) electrons. The van der Waals surface area contributed by atoms with Crippen molar-refractivity contribution in [1.29, 1.82) is 0 Å². The minimum atomic E-state index is 0.779. The minimum absolute atomic E-state index is 0.779. The Hall–Kier alpha value is -1.33. The summed E-state index contributed by atoms with van der Waals surface area (Å²) in [5.41, 5.74) is 3.48. The van der Waals surface area contributed by atoms with Gasteiger partial charge in [0.1, 0.15) is 5.75 Å². The fourth-order valence-electron chi connectivity index (χ4n) is 2.12. The van der Waals surface area contributed by atoms with Crippen LogP contribution in [-0.4, -0.2) is 16.9 Å². The van der Waals surface area contributed by atoms with Crippen LogP contribution in [0.5, 0.6) is 5.75 Å². The molecule has 1 heterocycles. The lowest BCUT2D eigenvalue weighted by molar-refractivity contribution is 0.414. The smallest absolute Gasteiger partial charge is 0.119 e. The average molecular weight is 338 g/mol.